The number of aliphatic hydroxyl groups is 1. The molecule has 0 aromatic carbocycles. The van der Waals surface area contributed by atoms with Crippen LogP contribution in [-0.4, -0.2) is 10.1 Å². The first-order valence-electron chi connectivity index (χ1n) is 6.36. The van der Waals surface area contributed by atoms with Gasteiger partial charge in [-0.05, 0) is 36.3 Å². The molecule has 2 nitrogen and oxygen atoms in total. The first-order chi connectivity index (χ1) is 8.34. The molecular weight excluding hydrogens is 230 g/mol. The molecule has 2 aromatic heterocycles. The maximum atomic E-state index is 10.4. The highest BCUT2D eigenvalue weighted by Gasteiger charge is 2.23. The molecule has 1 N–H and O–H groups in total. The van der Waals surface area contributed by atoms with Gasteiger partial charge in [0.2, 0.25) is 0 Å². The fourth-order valence-electron chi connectivity index (χ4n) is 2.75. The van der Waals surface area contributed by atoms with E-state index in [1.165, 1.54) is 24.0 Å². The van der Waals surface area contributed by atoms with Gasteiger partial charge >= 0.3 is 0 Å². The van der Waals surface area contributed by atoms with Crippen molar-refractivity contribution in [3.63, 3.8) is 0 Å². The fraction of sp³-hybridized carbons (Fsp3) is 0.500. The minimum atomic E-state index is -0.325. The highest BCUT2D eigenvalue weighted by Crippen LogP contribution is 2.35. The number of rotatable bonds is 2. The molecule has 0 radical (unpaired) electrons. The van der Waals surface area contributed by atoms with E-state index in [0.717, 1.165) is 23.9 Å². The van der Waals surface area contributed by atoms with Gasteiger partial charge in [-0.3, -0.25) is 4.98 Å². The lowest BCUT2D eigenvalue weighted by Gasteiger charge is -2.26. The molecule has 1 saturated carbocycles. The van der Waals surface area contributed by atoms with E-state index in [2.05, 4.69) is 16.4 Å². The Labute approximate surface area is 105 Å². The van der Waals surface area contributed by atoms with Crippen LogP contribution >= 0.6 is 11.3 Å². The fourth-order valence-corrected chi connectivity index (χ4v) is 3.53. The van der Waals surface area contributed by atoms with Crippen molar-refractivity contribution in [3.8, 4) is 0 Å². The molecule has 1 fully saturated rings. The molecule has 17 heavy (non-hydrogen) atoms. The average molecular weight is 247 g/mol. The molecule has 0 amide bonds. The number of thiophene rings is 1. The second-order valence-corrected chi connectivity index (χ2v) is 5.86. The van der Waals surface area contributed by atoms with Gasteiger partial charge in [0.25, 0.3) is 0 Å². The van der Waals surface area contributed by atoms with Gasteiger partial charge in [0.05, 0.1) is 16.3 Å². The van der Waals surface area contributed by atoms with Crippen molar-refractivity contribution < 1.29 is 5.11 Å². The second-order valence-electron chi connectivity index (χ2n) is 4.92. The lowest BCUT2D eigenvalue weighted by molar-refractivity contribution is 0.0847. The number of hydrogen-bond acceptors (Lipinski definition) is 3. The molecule has 1 aliphatic rings. The largest absolute Gasteiger partial charge is 0.388 e. The Morgan fingerprint density at radius 1 is 1.29 bits per heavy atom. The molecule has 0 bridgehead atoms. The second kappa shape index (κ2) is 4.75. The Balaban J connectivity index is 1.86. The minimum Gasteiger partial charge on any atom is -0.388 e. The summed E-state index contributed by atoms with van der Waals surface area (Å²) >= 11 is 1.69. The Morgan fingerprint density at radius 2 is 2.12 bits per heavy atom. The standard InChI is InChI=1S/C14H17NOS/c16-14(10-4-2-1-3-5-10)11-8-13-12(15-9-11)6-7-17-13/h6-10,14,16H,1-5H2. The molecule has 1 aliphatic carbocycles. The third-order valence-electron chi connectivity index (χ3n) is 3.76. The van der Waals surface area contributed by atoms with Crippen LogP contribution in [0.25, 0.3) is 10.2 Å². The topological polar surface area (TPSA) is 33.1 Å². The van der Waals surface area contributed by atoms with Gasteiger partial charge in [-0.25, -0.2) is 0 Å². The van der Waals surface area contributed by atoms with Gasteiger partial charge < -0.3 is 5.11 Å². The van der Waals surface area contributed by atoms with Crippen molar-refractivity contribution in [3.05, 3.63) is 29.3 Å². The van der Waals surface area contributed by atoms with Crippen molar-refractivity contribution >= 4 is 21.6 Å². The number of fused-ring (bicyclic) bond motifs is 1. The van der Waals surface area contributed by atoms with Crippen molar-refractivity contribution in [2.75, 3.05) is 0 Å². The summed E-state index contributed by atoms with van der Waals surface area (Å²) in [6.45, 7) is 0. The normalized spacial score (nSPS) is 19.6. The SMILES string of the molecule is OC(c1cnc2ccsc2c1)C1CCCCC1. The van der Waals surface area contributed by atoms with Gasteiger partial charge in [-0.15, -0.1) is 11.3 Å². The summed E-state index contributed by atoms with van der Waals surface area (Å²) in [5.41, 5.74) is 2.03. The molecule has 0 saturated heterocycles. The number of nitrogens with zero attached hydrogens (tertiary/aromatic N) is 1. The van der Waals surface area contributed by atoms with Crippen LogP contribution in [0.4, 0.5) is 0 Å². The molecule has 0 spiro atoms. The van der Waals surface area contributed by atoms with Crippen molar-refractivity contribution in [2.45, 2.75) is 38.2 Å². The average Bonchev–Trinajstić information content (AvgIpc) is 2.86. The molecule has 2 aromatic rings. The Kier molecular flexibility index (Phi) is 3.12. The summed E-state index contributed by atoms with van der Waals surface area (Å²) in [6.07, 6.45) is 7.68. The molecule has 2 heterocycles. The zero-order valence-electron chi connectivity index (χ0n) is 9.80. The highest BCUT2D eigenvalue weighted by molar-refractivity contribution is 7.17. The van der Waals surface area contributed by atoms with Crippen molar-refractivity contribution in [2.24, 2.45) is 5.92 Å². The van der Waals surface area contributed by atoms with Crippen molar-refractivity contribution in [1.29, 1.82) is 0 Å². The van der Waals surface area contributed by atoms with Gasteiger partial charge in [0.15, 0.2) is 0 Å². The number of aliphatic hydroxyl groups excluding tert-OH is 1. The highest BCUT2D eigenvalue weighted by atomic mass is 32.1. The summed E-state index contributed by atoms with van der Waals surface area (Å²) in [6, 6.07) is 4.13. The molecule has 0 aliphatic heterocycles. The van der Waals surface area contributed by atoms with Gasteiger partial charge in [0.1, 0.15) is 0 Å². The third-order valence-corrected chi connectivity index (χ3v) is 4.61. The van der Waals surface area contributed by atoms with E-state index in [0.29, 0.717) is 5.92 Å². The Bertz CT molecular complexity index is 502. The van der Waals surface area contributed by atoms with Gasteiger partial charge in [0, 0.05) is 11.8 Å². The molecule has 3 rings (SSSR count). The summed E-state index contributed by atoms with van der Waals surface area (Å²) in [4.78, 5) is 4.41. The number of pyridine rings is 1. The van der Waals surface area contributed by atoms with Crippen LogP contribution in [0.2, 0.25) is 0 Å². The van der Waals surface area contributed by atoms with Crippen LogP contribution in [0.15, 0.2) is 23.7 Å². The first kappa shape index (κ1) is 11.2. The monoisotopic (exact) mass is 247 g/mol. The van der Waals surface area contributed by atoms with Crippen molar-refractivity contribution in [1.82, 2.24) is 4.98 Å². The van der Waals surface area contributed by atoms with Crippen LogP contribution in [-0.2, 0) is 0 Å². The van der Waals surface area contributed by atoms with E-state index in [1.54, 1.807) is 11.3 Å². The quantitative estimate of drug-likeness (QED) is 0.872. The Morgan fingerprint density at radius 3 is 2.94 bits per heavy atom. The number of aromatic nitrogens is 1. The van der Waals surface area contributed by atoms with E-state index < -0.39 is 0 Å². The first-order valence-corrected chi connectivity index (χ1v) is 7.24. The lowest BCUT2D eigenvalue weighted by atomic mass is 9.83. The summed E-state index contributed by atoms with van der Waals surface area (Å²) in [5, 5.41) is 12.5. The van der Waals surface area contributed by atoms with Gasteiger partial charge in [-0.1, -0.05) is 19.3 Å². The molecule has 1 unspecified atom stereocenters. The lowest BCUT2D eigenvalue weighted by Crippen LogP contribution is -2.16. The van der Waals surface area contributed by atoms with Crippen LogP contribution in [0, 0.1) is 5.92 Å². The molecular formula is C14H17NOS. The van der Waals surface area contributed by atoms with E-state index in [-0.39, 0.29) is 6.10 Å². The zero-order valence-corrected chi connectivity index (χ0v) is 10.6. The predicted molar refractivity (Wildman–Crippen MR) is 71.2 cm³/mol. The summed E-state index contributed by atoms with van der Waals surface area (Å²) < 4.78 is 1.18. The third kappa shape index (κ3) is 2.22. The van der Waals surface area contributed by atoms with Crippen LogP contribution < -0.4 is 0 Å². The van der Waals surface area contributed by atoms with Gasteiger partial charge in [-0.2, -0.15) is 0 Å². The smallest absolute Gasteiger partial charge is 0.0833 e. The minimum absolute atomic E-state index is 0.325. The van der Waals surface area contributed by atoms with Crippen LogP contribution in [0.5, 0.6) is 0 Å². The predicted octanol–water partition coefficient (Wildman–Crippen LogP) is 3.91. The Hall–Kier alpha value is -0.930. The summed E-state index contributed by atoms with van der Waals surface area (Å²) in [5.74, 6) is 0.433. The maximum absolute atomic E-state index is 10.4. The van der Waals surface area contributed by atoms with Crippen LogP contribution in [0.1, 0.15) is 43.8 Å². The van der Waals surface area contributed by atoms with E-state index in [9.17, 15) is 5.11 Å². The summed E-state index contributed by atoms with van der Waals surface area (Å²) in [7, 11) is 0. The zero-order chi connectivity index (χ0) is 11.7. The maximum Gasteiger partial charge on any atom is 0.0833 e. The van der Waals surface area contributed by atoms with E-state index >= 15 is 0 Å². The molecule has 1 atom stereocenters. The van der Waals surface area contributed by atoms with Crippen LogP contribution in [0.3, 0.4) is 0 Å². The number of hydrogen-bond donors (Lipinski definition) is 1. The van der Waals surface area contributed by atoms with E-state index in [4.69, 9.17) is 0 Å². The molecule has 3 heteroatoms. The van der Waals surface area contributed by atoms with E-state index in [1.807, 2.05) is 12.3 Å². The molecule has 90 valence electrons.